The van der Waals surface area contributed by atoms with Gasteiger partial charge in [0.2, 0.25) is 0 Å². The zero-order valence-electron chi connectivity index (χ0n) is 12.1. The van der Waals surface area contributed by atoms with Gasteiger partial charge in [0.05, 0.1) is 17.2 Å². The third-order valence-electron chi connectivity index (χ3n) is 4.41. The zero-order valence-corrected chi connectivity index (χ0v) is 12.1. The Morgan fingerprint density at radius 2 is 1.77 bits per heavy atom. The Bertz CT molecular complexity index is 655. The summed E-state index contributed by atoms with van der Waals surface area (Å²) >= 11 is 0. The van der Waals surface area contributed by atoms with Crippen LogP contribution in [0, 0.1) is 0 Å². The molecule has 2 aromatic rings. The van der Waals surface area contributed by atoms with E-state index in [0.29, 0.717) is 31.5 Å². The van der Waals surface area contributed by atoms with E-state index in [0.717, 1.165) is 5.56 Å². The number of benzene rings is 1. The highest BCUT2D eigenvalue weighted by atomic mass is 16.4. The second-order valence-corrected chi connectivity index (χ2v) is 5.56. The predicted molar refractivity (Wildman–Crippen MR) is 79.6 cm³/mol. The van der Waals surface area contributed by atoms with Crippen LogP contribution in [0.3, 0.4) is 0 Å². The van der Waals surface area contributed by atoms with Crippen molar-refractivity contribution in [2.24, 2.45) is 0 Å². The number of furan rings is 1. The molecule has 1 aromatic carbocycles. The van der Waals surface area contributed by atoms with Crippen molar-refractivity contribution in [2.45, 2.75) is 18.3 Å². The maximum absolute atomic E-state index is 12.3. The summed E-state index contributed by atoms with van der Waals surface area (Å²) in [5.41, 5.74) is 0.398. The molecule has 0 saturated carbocycles. The van der Waals surface area contributed by atoms with E-state index in [9.17, 15) is 14.7 Å². The minimum Gasteiger partial charge on any atom is -0.481 e. The first-order valence-electron chi connectivity index (χ1n) is 7.24. The van der Waals surface area contributed by atoms with Crippen LogP contribution in [0.2, 0.25) is 0 Å². The van der Waals surface area contributed by atoms with Crippen LogP contribution in [-0.2, 0) is 10.2 Å². The van der Waals surface area contributed by atoms with Gasteiger partial charge in [0.15, 0.2) is 0 Å². The van der Waals surface area contributed by atoms with Gasteiger partial charge in [0.1, 0.15) is 6.26 Å². The first-order chi connectivity index (χ1) is 10.6. The monoisotopic (exact) mass is 299 g/mol. The molecule has 3 rings (SSSR count). The SMILES string of the molecule is O=C(c1ccoc1)N1CCC(C(=O)O)(c2ccccc2)CC1. The maximum Gasteiger partial charge on any atom is 0.314 e. The van der Waals surface area contributed by atoms with Crippen LogP contribution < -0.4 is 0 Å². The molecule has 5 nitrogen and oxygen atoms in total. The Kier molecular flexibility index (Phi) is 3.71. The number of carbonyl (C=O) groups excluding carboxylic acids is 1. The van der Waals surface area contributed by atoms with Gasteiger partial charge in [-0.2, -0.15) is 0 Å². The number of nitrogens with zero attached hydrogens (tertiary/aromatic N) is 1. The molecule has 1 aliphatic heterocycles. The number of carboxylic acids is 1. The summed E-state index contributed by atoms with van der Waals surface area (Å²) < 4.78 is 4.93. The lowest BCUT2D eigenvalue weighted by atomic mass is 9.73. The highest BCUT2D eigenvalue weighted by Gasteiger charge is 2.43. The molecule has 22 heavy (non-hydrogen) atoms. The highest BCUT2D eigenvalue weighted by Crippen LogP contribution is 2.36. The Morgan fingerprint density at radius 3 is 2.32 bits per heavy atom. The lowest BCUT2D eigenvalue weighted by Crippen LogP contribution is -2.49. The average molecular weight is 299 g/mol. The van der Waals surface area contributed by atoms with Crippen molar-refractivity contribution in [3.63, 3.8) is 0 Å². The van der Waals surface area contributed by atoms with Crippen LogP contribution in [0.25, 0.3) is 0 Å². The van der Waals surface area contributed by atoms with Crippen LogP contribution >= 0.6 is 0 Å². The summed E-state index contributed by atoms with van der Waals surface area (Å²) in [5, 5.41) is 9.73. The normalized spacial score (nSPS) is 17.2. The molecule has 0 spiro atoms. The Balaban J connectivity index is 1.79. The smallest absolute Gasteiger partial charge is 0.314 e. The van der Waals surface area contributed by atoms with Gasteiger partial charge in [-0.25, -0.2) is 0 Å². The van der Waals surface area contributed by atoms with Crippen LogP contribution in [0.5, 0.6) is 0 Å². The van der Waals surface area contributed by atoms with E-state index in [1.54, 1.807) is 11.0 Å². The van der Waals surface area contributed by atoms with Crippen molar-refractivity contribution in [1.29, 1.82) is 0 Å². The van der Waals surface area contributed by atoms with Gasteiger partial charge in [0.25, 0.3) is 5.91 Å². The summed E-state index contributed by atoms with van der Waals surface area (Å²) in [6.07, 6.45) is 3.70. The van der Waals surface area contributed by atoms with E-state index in [4.69, 9.17) is 4.42 Å². The van der Waals surface area contributed by atoms with Crippen molar-refractivity contribution in [1.82, 2.24) is 4.90 Å². The highest BCUT2D eigenvalue weighted by molar-refractivity contribution is 5.94. The fourth-order valence-electron chi connectivity index (χ4n) is 3.04. The van der Waals surface area contributed by atoms with Crippen LogP contribution in [0.15, 0.2) is 53.3 Å². The van der Waals surface area contributed by atoms with E-state index in [2.05, 4.69) is 0 Å². The van der Waals surface area contributed by atoms with Crippen molar-refractivity contribution in [3.8, 4) is 0 Å². The second-order valence-electron chi connectivity index (χ2n) is 5.56. The molecule has 0 unspecified atom stereocenters. The summed E-state index contributed by atoms with van der Waals surface area (Å²) in [7, 11) is 0. The number of amides is 1. The molecule has 1 fully saturated rings. The number of aliphatic carboxylic acids is 1. The number of hydrogen-bond acceptors (Lipinski definition) is 3. The summed E-state index contributed by atoms with van der Waals surface area (Å²) in [6, 6.07) is 10.9. The van der Waals surface area contributed by atoms with Gasteiger partial charge in [-0.15, -0.1) is 0 Å². The molecule has 1 aliphatic rings. The maximum atomic E-state index is 12.3. The van der Waals surface area contributed by atoms with Gasteiger partial charge < -0.3 is 14.4 Å². The van der Waals surface area contributed by atoms with Gasteiger partial charge in [0, 0.05) is 13.1 Å². The van der Waals surface area contributed by atoms with Crippen molar-refractivity contribution in [3.05, 3.63) is 60.1 Å². The fraction of sp³-hybridized carbons (Fsp3) is 0.294. The molecule has 1 amide bonds. The number of carboxylic acid groups (broad SMARTS) is 1. The number of hydrogen-bond donors (Lipinski definition) is 1. The van der Waals surface area contributed by atoms with Crippen molar-refractivity contribution in [2.75, 3.05) is 13.1 Å². The lowest BCUT2D eigenvalue weighted by molar-refractivity contribution is -0.145. The van der Waals surface area contributed by atoms with Crippen molar-refractivity contribution < 1.29 is 19.1 Å². The molecular formula is C17H17NO4. The minimum atomic E-state index is -0.908. The minimum absolute atomic E-state index is 0.110. The Hall–Kier alpha value is -2.56. The predicted octanol–water partition coefficient (Wildman–Crippen LogP) is 2.54. The largest absolute Gasteiger partial charge is 0.481 e. The van der Waals surface area contributed by atoms with Crippen LogP contribution in [0.1, 0.15) is 28.8 Å². The van der Waals surface area contributed by atoms with Gasteiger partial charge >= 0.3 is 5.97 Å². The molecule has 0 aliphatic carbocycles. The molecule has 0 bridgehead atoms. The van der Waals surface area contributed by atoms with Gasteiger partial charge in [-0.05, 0) is 24.5 Å². The molecule has 1 aromatic heterocycles. The standard InChI is InChI=1S/C17H17NO4/c19-15(13-6-11-22-12-13)18-9-7-17(8-10-18,16(20)21)14-4-2-1-3-5-14/h1-6,11-12H,7-10H2,(H,20,21). The molecule has 1 N–H and O–H groups in total. The third-order valence-corrected chi connectivity index (χ3v) is 4.41. The summed E-state index contributed by atoms with van der Waals surface area (Å²) in [5.74, 6) is -0.935. The van der Waals surface area contributed by atoms with Gasteiger partial charge in [-0.1, -0.05) is 30.3 Å². The topological polar surface area (TPSA) is 70.8 Å². The van der Waals surface area contributed by atoms with E-state index >= 15 is 0 Å². The molecule has 5 heteroatoms. The molecule has 0 radical (unpaired) electrons. The molecular weight excluding hydrogens is 282 g/mol. The van der Waals surface area contributed by atoms with Crippen molar-refractivity contribution >= 4 is 11.9 Å². The summed E-state index contributed by atoms with van der Waals surface area (Å²) in [6.45, 7) is 0.844. The first-order valence-corrected chi connectivity index (χ1v) is 7.24. The first kappa shape index (κ1) is 14.4. The third kappa shape index (κ3) is 2.39. The quantitative estimate of drug-likeness (QED) is 0.945. The lowest BCUT2D eigenvalue weighted by Gasteiger charge is -2.39. The second kappa shape index (κ2) is 5.67. The zero-order chi connectivity index (χ0) is 15.6. The average Bonchev–Trinajstić information content (AvgIpc) is 3.09. The number of likely N-dealkylation sites (tertiary alicyclic amines) is 1. The van der Waals surface area contributed by atoms with E-state index < -0.39 is 11.4 Å². The molecule has 0 atom stereocenters. The number of rotatable bonds is 3. The molecule has 2 heterocycles. The molecule has 114 valence electrons. The Labute approximate surface area is 128 Å². The molecule has 1 saturated heterocycles. The van der Waals surface area contributed by atoms with E-state index in [-0.39, 0.29) is 5.91 Å². The van der Waals surface area contributed by atoms with Gasteiger partial charge in [-0.3, -0.25) is 9.59 Å². The van der Waals surface area contributed by atoms with E-state index in [1.165, 1.54) is 12.5 Å². The van der Waals surface area contributed by atoms with Crippen LogP contribution in [0.4, 0.5) is 0 Å². The van der Waals surface area contributed by atoms with E-state index in [1.807, 2.05) is 30.3 Å². The number of carbonyl (C=O) groups is 2. The summed E-state index contributed by atoms with van der Waals surface area (Å²) in [4.78, 5) is 25.8. The number of piperidine rings is 1. The van der Waals surface area contributed by atoms with Crippen LogP contribution in [-0.4, -0.2) is 35.0 Å². The Morgan fingerprint density at radius 1 is 1.09 bits per heavy atom. The fourth-order valence-corrected chi connectivity index (χ4v) is 3.04.